The summed E-state index contributed by atoms with van der Waals surface area (Å²) in [6.07, 6.45) is 6.84. The first-order valence-electron chi connectivity index (χ1n) is 8.45. The maximum atomic E-state index is 12.8. The Balaban J connectivity index is 1.51. The lowest BCUT2D eigenvalue weighted by molar-refractivity contribution is -0.00300. The van der Waals surface area contributed by atoms with Crippen LogP contribution in [0.2, 0.25) is 0 Å². The zero-order valence-electron chi connectivity index (χ0n) is 14.1. The van der Waals surface area contributed by atoms with E-state index in [9.17, 15) is 4.79 Å². The SMILES string of the molecule is Cn1cncc1[C@H]1C[C@H](NC(=O)c2cccc3ncccc23)CCO1. The van der Waals surface area contributed by atoms with E-state index in [4.69, 9.17) is 4.74 Å². The molecule has 6 heteroatoms. The van der Waals surface area contributed by atoms with Crippen molar-refractivity contribution in [2.24, 2.45) is 7.05 Å². The van der Waals surface area contributed by atoms with Gasteiger partial charge in [0.15, 0.2) is 0 Å². The lowest BCUT2D eigenvalue weighted by Crippen LogP contribution is -2.40. The molecule has 0 spiro atoms. The molecule has 1 N–H and O–H groups in total. The van der Waals surface area contributed by atoms with Gasteiger partial charge in [0, 0.05) is 36.8 Å². The second-order valence-corrected chi connectivity index (χ2v) is 6.36. The van der Waals surface area contributed by atoms with Crippen LogP contribution >= 0.6 is 0 Å². The third-order valence-electron chi connectivity index (χ3n) is 4.69. The number of hydrogen-bond acceptors (Lipinski definition) is 4. The maximum absolute atomic E-state index is 12.8. The maximum Gasteiger partial charge on any atom is 0.252 e. The number of aromatic nitrogens is 3. The molecule has 3 heterocycles. The van der Waals surface area contributed by atoms with Gasteiger partial charge in [0.25, 0.3) is 5.91 Å². The Hall–Kier alpha value is -2.73. The van der Waals surface area contributed by atoms with E-state index in [1.54, 1.807) is 12.5 Å². The molecule has 3 aromatic rings. The van der Waals surface area contributed by atoms with E-state index >= 15 is 0 Å². The summed E-state index contributed by atoms with van der Waals surface area (Å²) in [5.74, 6) is -0.0609. The van der Waals surface area contributed by atoms with Crippen LogP contribution in [0.3, 0.4) is 0 Å². The van der Waals surface area contributed by atoms with E-state index in [0.29, 0.717) is 12.2 Å². The summed E-state index contributed by atoms with van der Waals surface area (Å²) in [7, 11) is 1.96. The monoisotopic (exact) mass is 336 g/mol. The van der Waals surface area contributed by atoms with Crippen LogP contribution in [-0.4, -0.2) is 33.1 Å². The van der Waals surface area contributed by atoms with Gasteiger partial charge in [0.05, 0.1) is 23.7 Å². The van der Waals surface area contributed by atoms with Gasteiger partial charge in [-0.3, -0.25) is 9.78 Å². The first-order valence-corrected chi connectivity index (χ1v) is 8.45. The fraction of sp³-hybridized carbons (Fsp3) is 0.316. The molecule has 1 aliphatic heterocycles. The fourth-order valence-electron chi connectivity index (χ4n) is 3.38. The summed E-state index contributed by atoms with van der Waals surface area (Å²) in [6, 6.07) is 9.49. The van der Waals surface area contributed by atoms with Crippen molar-refractivity contribution in [3.8, 4) is 0 Å². The number of carbonyl (C=O) groups is 1. The Morgan fingerprint density at radius 2 is 2.24 bits per heavy atom. The van der Waals surface area contributed by atoms with Crippen molar-refractivity contribution >= 4 is 16.8 Å². The second-order valence-electron chi connectivity index (χ2n) is 6.36. The number of nitrogens with one attached hydrogen (secondary N) is 1. The number of aryl methyl sites for hydroxylation is 1. The molecular formula is C19H20N4O2. The zero-order valence-corrected chi connectivity index (χ0v) is 14.1. The summed E-state index contributed by atoms with van der Waals surface area (Å²) < 4.78 is 7.83. The Kier molecular flexibility index (Phi) is 4.19. The van der Waals surface area contributed by atoms with Crippen molar-refractivity contribution in [3.05, 3.63) is 60.3 Å². The van der Waals surface area contributed by atoms with E-state index in [0.717, 1.165) is 29.4 Å². The predicted octanol–water partition coefficient (Wildman–Crippen LogP) is 2.62. The molecule has 1 aromatic carbocycles. The molecule has 25 heavy (non-hydrogen) atoms. The summed E-state index contributed by atoms with van der Waals surface area (Å²) >= 11 is 0. The minimum absolute atomic E-state index is 0.0410. The normalized spacial score (nSPS) is 20.5. The molecule has 4 rings (SSSR count). The molecule has 0 aliphatic carbocycles. The Morgan fingerprint density at radius 3 is 3.08 bits per heavy atom. The number of amides is 1. The molecule has 0 unspecified atom stereocenters. The van der Waals surface area contributed by atoms with Gasteiger partial charge in [-0.25, -0.2) is 4.98 Å². The van der Waals surface area contributed by atoms with Gasteiger partial charge < -0.3 is 14.6 Å². The summed E-state index contributed by atoms with van der Waals surface area (Å²) in [4.78, 5) is 21.3. The highest BCUT2D eigenvalue weighted by Crippen LogP contribution is 2.28. The quantitative estimate of drug-likeness (QED) is 0.798. The van der Waals surface area contributed by atoms with Crippen LogP contribution < -0.4 is 5.32 Å². The van der Waals surface area contributed by atoms with Crippen LogP contribution in [0.4, 0.5) is 0 Å². The number of fused-ring (bicyclic) bond motifs is 1. The van der Waals surface area contributed by atoms with Crippen molar-refractivity contribution in [1.29, 1.82) is 0 Å². The number of pyridine rings is 1. The largest absolute Gasteiger partial charge is 0.372 e. The standard InChI is InChI=1S/C19H20N4O2/c1-23-12-20-11-17(23)18-10-13(7-9-25-18)22-19(24)15-4-2-6-16-14(15)5-3-8-21-16/h2-6,8,11-13,18H,7,9-10H2,1H3,(H,22,24)/t13-,18-/m1/s1. The second kappa shape index (κ2) is 6.64. The minimum atomic E-state index is -0.0609. The van der Waals surface area contributed by atoms with Crippen LogP contribution in [-0.2, 0) is 11.8 Å². The van der Waals surface area contributed by atoms with E-state index in [2.05, 4.69) is 15.3 Å². The van der Waals surface area contributed by atoms with Crippen molar-refractivity contribution in [2.45, 2.75) is 25.0 Å². The number of ether oxygens (including phenoxy) is 1. The van der Waals surface area contributed by atoms with Crippen molar-refractivity contribution < 1.29 is 9.53 Å². The molecule has 2 atom stereocenters. The van der Waals surface area contributed by atoms with Gasteiger partial charge >= 0.3 is 0 Å². The topological polar surface area (TPSA) is 69.0 Å². The summed E-state index contributed by atoms with van der Waals surface area (Å²) in [5.41, 5.74) is 2.53. The first kappa shape index (κ1) is 15.8. The molecule has 0 saturated carbocycles. The molecule has 1 aliphatic rings. The van der Waals surface area contributed by atoms with E-state index in [1.165, 1.54) is 0 Å². The third kappa shape index (κ3) is 3.13. The highest BCUT2D eigenvalue weighted by molar-refractivity contribution is 6.06. The first-order chi connectivity index (χ1) is 12.2. The predicted molar refractivity (Wildman–Crippen MR) is 94.1 cm³/mol. The highest BCUT2D eigenvalue weighted by atomic mass is 16.5. The van der Waals surface area contributed by atoms with Crippen LogP contribution in [0.15, 0.2) is 49.1 Å². The molecule has 1 amide bonds. The van der Waals surface area contributed by atoms with Crippen molar-refractivity contribution in [2.75, 3.05) is 6.61 Å². The Morgan fingerprint density at radius 1 is 1.32 bits per heavy atom. The third-order valence-corrected chi connectivity index (χ3v) is 4.69. The van der Waals surface area contributed by atoms with E-state index < -0.39 is 0 Å². The van der Waals surface area contributed by atoms with Gasteiger partial charge in [-0.1, -0.05) is 12.1 Å². The number of nitrogens with zero attached hydrogens (tertiary/aromatic N) is 3. The van der Waals surface area contributed by atoms with Gasteiger partial charge in [0.1, 0.15) is 6.10 Å². The average molecular weight is 336 g/mol. The molecular weight excluding hydrogens is 316 g/mol. The zero-order chi connectivity index (χ0) is 17.2. The Bertz CT molecular complexity index is 900. The highest BCUT2D eigenvalue weighted by Gasteiger charge is 2.27. The number of rotatable bonds is 3. The lowest BCUT2D eigenvalue weighted by atomic mass is 10.00. The molecule has 1 saturated heterocycles. The van der Waals surface area contributed by atoms with Crippen LogP contribution in [0, 0.1) is 0 Å². The average Bonchev–Trinajstić information content (AvgIpc) is 3.07. The van der Waals surface area contributed by atoms with Gasteiger partial charge in [-0.05, 0) is 31.0 Å². The number of benzene rings is 1. The lowest BCUT2D eigenvalue weighted by Gasteiger charge is -2.30. The molecule has 1 fully saturated rings. The van der Waals surface area contributed by atoms with Crippen molar-refractivity contribution in [3.63, 3.8) is 0 Å². The molecule has 2 aromatic heterocycles. The number of carbonyl (C=O) groups excluding carboxylic acids is 1. The summed E-state index contributed by atoms with van der Waals surface area (Å²) in [5, 5.41) is 4.04. The van der Waals surface area contributed by atoms with Gasteiger partial charge in [-0.15, -0.1) is 0 Å². The smallest absolute Gasteiger partial charge is 0.252 e. The number of hydrogen-bond donors (Lipinski definition) is 1. The van der Waals surface area contributed by atoms with Gasteiger partial charge in [-0.2, -0.15) is 0 Å². The molecule has 128 valence electrons. The van der Waals surface area contributed by atoms with Gasteiger partial charge in [0.2, 0.25) is 0 Å². The molecule has 0 bridgehead atoms. The molecule has 0 radical (unpaired) electrons. The van der Waals surface area contributed by atoms with Crippen molar-refractivity contribution in [1.82, 2.24) is 19.9 Å². The van der Waals surface area contributed by atoms with E-state index in [-0.39, 0.29) is 18.1 Å². The summed E-state index contributed by atoms with van der Waals surface area (Å²) in [6.45, 7) is 0.623. The minimum Gasteiger partial charge on any atom is -0.372 e. The Labute approximate surface area is 145 Å². The van der Waals surface area contributed by atoms with E-state index in [1.807, 2.05) is 48.1 Å². The van der Waals surface area contributed by atoms with Crippen LogP contribution in [0.5, 0.6) is 0 Å². The van der Waals surface area contributed by atoms with Crippen LogP contribution in [0.1, 0.15) is 35.0 Å². The fourth-order valence-corrected chi connectivity index (χ4v) is 3.38. The molecule has 6 nitrogen and oxygen atoms in total. The number of imidazole rings is 1. The van der Waals surface area contributed by atoms with Crippen LogP contribution in [0.25, 0.3) is 10.9 Å².